The summed E-state index contributed by atoms with van der Waals surface area (Å²) < 4.78 is 2.29. The number of benzene rings is 2. The number of rotatable bonds is 6. The van der Waals surface area contributed by atoms with Gasteiger partial charge in [0.2, 0.25) is 0 Å². The van der Waals surface area contributed by atoms with Crippen molar-refractivity contribution in [3.8, 4) is 22.5 Å². The predicted molar refractivity (Wildman–Crippen MR) is 164 cm³/mol. The molecule has 2 fully saturated rings. The van der Waals surface area contributed by atoms with E-state index in [1.807, 2.05) is 19.3 Å². The number of nitrogens with one attached hydrogen (secondary N) is 1. The first-order valence-corrected chi connectivity index (χ1v) is 14.9. The van der Waals surface area contributed by atoms with Gasteiger partial charge in [-0.15, -0.1) is 0 Å². The molecule has 1 saturated heterocycles. The van der Waals surface area contributed by atoms with Gasteiger partial charge in [-0.2, -0.15) is 0 Å². The molecule has 0 amide bonds. The van der Waals surface area contributed by atoms with Crippen molar-refractivity contribution in [2.45, 2.75) is 51.4 Å². The van der Waals surface area contributed by atoms with E-state index in [1.165, 1.54) is 74.9 Å². The summed E-state index contributed by atoms with van der Waals surface area (Å²) >= 11 is 0. The molecule has 1 aliphatic carbocycles. The zero-order valence-electron chi connectivity index (χ0n) is 23.6. The highest BCUT2D eigenvalue weighted by molar-refractivity contribution is 5.93. The van der Waals surface area contributed by atoms with Gasteiger partial charge in [-0.05, 0) is 82.2 Å². The van der Waals surface area contributed by atoms with Crippen LogP contribution >= 0.6 is 0 Å². The van der Waals surface area contributed by atoms with Crippen LogP contribution in [0.1, 0.15) is 55.8 Å². The molecular weight excluding hydrogens is 492 g/mol. The zero-order valence-corrected chi connectivity index (χ0v) is 23.6. The van der Waals surface area contributed by atoms with E-state index in [-0.39, 0.29) is 0 Å². The third kappa shape index (κ3) is 4.64. The molecular formula is C34H38N6. The third-order valence-electron chi connectivity index (χ3n) is 9.11. The lowest BCUT2D eigenvalue weighted by Crippen LogP contribution is -2.29. The minimum atomic E-state index is 0.466. The Hall–Kier alpha value is -3.77. The molecule has 6 heteroatoms. The van der Waals surface area contributed by atoms with Crippen LogP contribution in [0.15, 0.2) is 67.0 Å². The highest BCUT2D eigenvalue weighted by atomic mass is 15.1. The molecule has 0 bridgehead atoms. The number of likely N-dealkylation sites (tertiary alicyclic amines) is 1. The standard InChI is InChI=1S/C34H38N6/c1-23-20-29(25-8-4-3-5-9-25)37-30-21-27(14-15-28(23)30)31-32-33(35-2)36-16-19-40(32)34(38-31)26-12-10-24(11-13-26)22-39-17-6-7-18-39/h3-5,8-9,14-16,19-21,24,26H,6-7,10-13,17-18,22H2,1-2H3,(H,35,36). The number of anilines is 1. The SMILES string of the molecule is CNc1nccn2c(C3CCC(CN4CCCC4)CC3)nc(-c3ccc4c(C)cc(-c5ccccc5)nc4c3)c12. The lowest BCUT2D eigenvalue weighted by Gasteiger charge is -2.30. The Morgan fingerprint density at radius 1 is 0.900 bits per heavy atom. The van der Waals surface area contributed by atoms with E-state index in [2.05, 4.69) is 81.3 Å². The maximum absolute atomic E-state index is 5.37. The van der Waals surface area contributed by atoms with Crippen molar-refractivity contribution in [2.75, 3.05) is 32.0 Å². The summed E-state index contributed by atoms with van der Waals surface area (Å²) in [5.41, 5.74) is 7.48. The first kappa shape index (κ1) is 25.2. The Balaban J connectivity index is 1.26. The van der Waals surface area contributed by atoms with E-state index >= 15 is 0 Å². The van der Waals surface area contributed by atoms with Crippen LogP contribution in [0.3, 0.4) is 0 Å². The van der Waals surface area contributed by atoms with E-state index in [1.54, 1.807) is 0 Å². The van der Waals surface area contributed by atoms with Gasteiger partial charge in [0.25, 0.3) is 0 Å². The number of nitrogens with zero attached hydrogens (tertiary/aromatic N) is 5. The molecule has 2 aliphatic rings. The summed E-state index contributed by atoms with van der Waals surface area (Å²) in [5.74, 6) is 3.32. The van der Waals surface area contributed by atoms with Crippen molar-refractivity contribution >= 4 is 22.2 Å². The topological polar surface area (TPSA) is 58.4 Å². The Morgan fingerprint density at radius 3 is 2.48 bits per heavy atom. The van der Waals surface area contributed by atoms with Gasteiger partial charge in [0.1, 0.15) is 17.0 Å². The first-order valence-electron chi connectivity index (χ1n) is 14.9. The monoisotopic (exact) mass is 530 g/mol. The van der Waals surface area contributed by atoms with E-state index in [9.17, 15) is 0 Å². The van der Waals surface area contributed by atoms with E-state index < -0.39 is 0 Å². The molecule has 1 saturated carbocycles. The van der Waals surface area contributed by atoms with Crippen LogP contribution in [-0.4, -0.2) is 50.9 Å². The Morgan fingerprint density at radius 2 is 1.70 bits per heavy atom. The first-order chi connectivity index (χ1) is 19.7. The summed E-state index contributed by atoms with van der Waals surface area (Å²) in [7, 11) is 1.94. The normalized spacial score (nSPS) is 19.9. The molecule has 0 spiro atoms. The van der Waals surface area contributed by atoms with Crippen molar-refractivity contribution in [3.05, 3.63) is 78.4 Å². The Labute approximate surface area is 236 Å². The van der Waals surface area contributed by atoms with E-state index in [0.717, 1.165) is 45.3 Å². The Bertz CT molecular complexity index is 1640. The second-order valence-corrected chi connectivity index (χ2v) is 11.7. The molecule has 4 heterocycles. The number of hydrogen-bond donors (Lipinski definition) is 1. The predicted octanol–water partition coefficient (Wildman–Crippen LogP) is 7.33. The molecule has 0 radical (unpaired) electrons. The van der Waals surface area contributed by atoms with Crippen molar-refractivity contribution in [1.82, 2.24) is 24.3 Å². The summed E-state index contributed by atoms with van der Waals surface area (Å²) in [6, 6.07) is 19.2. The summed E-state index contributed by atoms with van der Waals surface area (Å²) in [4.78, 5) is 17.8. The highest BCUT2D eigenvalue weighted by Gasteiger charge is 2.29. The van der Waals surface area contributed by atoms with Crippen molar-refractivity contribution in [1.29, 1.82) is 0 Å². The maximum Gasteiger partial charge on any atom is 0.152 e. The largest absolute Gasteiger partial charge is 0.371 e. The van der Waals surface area contributed by atoms with Gasteiger partial charge in [-0.1, -0.05) is 42.5 Å². The zero-order chi connectivity index (χ0) is 27.1. The molecule has 2 aromatic carbocycles. The van der Waals surface area contributed by atoms with Gasteiger partial charge in [-0.25, -0.2) is 15.0 Å². The average molecular weight is 531 g/mol. The molecule has 6 nitrogen and oxygen atoms in total. The smallest absolute Gasteiger partial charge is 0.152 e. The molecule has 7 rings (SSSR count). The van der Waals surface area contributed by atoms with Gasteiger partial charge in [0, 0.05) is 48.4 Å². The molecule has 1 N–H and O–H groups in total. The molecule has 3 aromatic heterocycles. The van der Waals surface area contributed by atoms with Crippen LogP contribution < -0.4 is 5.32 Å². The summed E-state index contributed by atoms with van der Waals surface area (Å²) in [6.45, 7) is 6.04. The van der Waals surface area contributed by atoms with Crippen molar-refractivity contribution in [2.24, 2.45) is 5.92 Å². The lowest BCUT2D eigenvalue weighted by molar-refractivity contribution is 0.221. The number of fused-ring (bicyclic) bond motifs is 2. The number of aryl methyl sites for hydroxylation is 1. The molecule has 0 unspecified atom stereocenters. The van der Waals surface area contributed by atoms with Gasteiger partial charge in [-0.3, -0.25) is 4.40 Å². The second-order valence-electron chi connectivity index (χ2n) is 11.7. The average Bonchev–Trinajstić information content (AvgIpc) is 3.66. The minimum Gasteiger partial charge on any atom is -0.371 e. The van der Waals surface area contributed by atoms with Gasteiger partial charge in [0.15, 0.2) is 5.82 Å². The van der Waals surface area contributed by atoms with Crippen LogP contribution in [0, 0.1) is 12.8 Å². The van der Waals surface area contributed by atoms with Crippen LogP contribution in [0.2, 0.25) is 0 Å². The van der Waals surface area contributed by atoms with E-state index in [0.29, 0.717) is 5.92 Å². The molecule has 40 heavy (non-hydrogen) atoms. The molecule has 204 valence electrons. The van der Waals surface area contributed by atoms with Crippen LogP contribution in [0.4, 0.5) is 5.82 Å². The lowest BCUT2D eigenvalue weighted by atomic mass is 9.81. The minimum absolute atomic E-state index is 0.466. The highest BCUT2D eigenvalue weighted by Crippen LogP contribution is 2.40. The number of pyridine rings is 1. The molecule has 1 aliphatic heterocycles. The fourth-order valence-electron chi connectivity index (χ4n) is 6.98. The fraction of sp³-hybridized carbons (Fsp3) is 0.382. The van der Waals surface area contributed by atoms with Crippen LogP contribution in [0.25, 0.3) is 38.9 Å². The maximum atomic E-state index is 5.37. The fourth-order valence-corrected chi connectivity index (χ4v) is 6.98. The third-order valence-corrected chi connectivity index (χ3v) is 9.11. The summed E-state index contributed by atoms with van der Waals surface area (Å²) in [5, 5.41) is 4.50. The Kier molecular flexibility index (Phi) is 6.72. The number of hydrogen-bond acceptors (Lipinski definition) is 5. The van der Waals surface area contributed by atoms with E-state index in [4.69, 9.17) is 9.97 Å². The second kappa shape index (κ2) is 10.7. The van der Waals surface area contributed by atoms with Crippen LogP contribution in [0.5, 0.6) is 0 Å². The van der Waals surface area contributed by atoms with Crippen LogP contribution in [-0.2, 0) is 0 Å². The molecule has 5 aromatic rings. The van der Waals surface area contributed by atoms with Gasteiger partial charge < -0.3 is 10.2 Å². The number of imidazole rings is 1. The quantitative estimate of drug-likeness (QED) is 0.249. The van der Waals surface area contributed by atoms with Crippen molar-refractivity contribution in [3.63, 3.8) is 0 Å². The van der Waals surface area contributed by atoms with Gasteiger partial charge >= 0.3 is 0 Å². The summed E-state index contributed by atoms with van der Waals surface area (Å²) in [6.07, 6.45) is 11.7. The number of aromatic nitrogens is 4. The van der Waals surface area contributed by atoms with Gasteiger partial charge in [0.05, 0.1) is 11.2 Å². The molecule has 0 atom stereocenters. The van der Waals surface area contributed by atoms with Crippen molar-refractivity contribution < 1.29 is 0 Å².